The average molecular weight is 305 g/mol. The van der Waals surface area contributed by atoms with Crippen LogP contribution in [0.5, 0.6) is 0 Å². The zero-order chi connectivity index (χ0) is 16.5. The number of amides is 1. The van der Waals surface area contributed by atoms with Crippen molar-refractivity contribution in [2.45, 2.75) is 25.4 Å². The molecule has 22 heavy (non-hydrogen) atoms. The van der Waals surface area contributed by atoms with Crippen molar-refractivity contribution in [3.8, 4) is 0 Å². The van der Waals surface area contributed by atoms with E-state index in [2.05, 4.69) is 0 Å². The summed E-state index contributed by atoms with van der Waals surface area (Å²) in [5.74, 6) is -2.05. The summed E-state index contributed by atoms with van der Waals surface area (Å²) in [5.41, 5.74) is -1.28. The maximum Gasteiger partial charge on any atom is 0.345 e. The molecule has 1 aromatic carbocycles. The predicted octanol–water partition coefficient (Wildman–Crippen LogP) is 1.25. The van der Waals surface area contributed by atoms with Gasteiger partial charge in [0.2, 0.25) is 0 Å². The third-order valence-electron chi connectivity index (χ3n) is 3.88. The fourth-order valence-corrected chi connectivity index (χ4v) is 2.93. The highest BCUT2D eigenvalue weighted by atomic mass is 16.6. The van der Waals surface area contributed by atoms with Crippen molar-refractivity contribution in [3.63, 3.8) is 0 Å². The standard InChI is InChI=1S/C16H19NO5/c1-10(2)12-16(14(19)21-3,15(20)22-4)17(12)13(18)11-8-6-5-7-9-11/h5-10,12H,1-4H3. The fourth-order valence-electron chi connectivity index (χ4n) is 2.93. The van der Waals surface area contributed by atoms with E-state index in [1.165, 1.54) is 19.1 Å². The number of benzene rings is 1. The number of carbonyl (C=O) groups excluding carboxylic acids is 3. The Morgan fingerprint density at radius 1 is 1.05 bits per heavy atom. The molecule has 0 spiro atoms. The maximum atomic E-state index is 12.7. The second-order valence-electron chi connectivity index (χ2n) is 5.48. The molecule has 1 atom stereocenters. The number of nitrogens with zero attached hydrogens (tertiary/aromatic N) is 1. The first-order chi connectivity index (χ1) is 10.4. The molecule has 1 fully saturated rings. The Labute approximate surface area is 129 Å². The molecule has 118 valence electrons. The van der Waals surface area contributed by atoms with Gasteiger partial charge in [-0.1, -0.05) is 32.0 Å². The molecule has 0 N–H and O–H groups in total. The minimum atomic E-state index is -1.69. The average Bonchev–Trinajstić information content (AvgIpc) is 3.25. The second kappa shape index (κ2) is 5.79. The van der Waals surface area contributed by atoms with Gasteiger partial charge in [-0.3, -0.25) is 4.79 Å². The summed E-state index contributed by atoms with van der Waals surface area (Å²) < 4.78 is 9.53. The number of esters is 2. The van der Waals surface area contributed by atoms with Gasteiger partial charge in [0.05, 0.1) is 20.3 Å². The van der Waals surface area contributed by atoms with E-state index in [4.69, 9.17) is 9.47 Å². The van der Waals surface area contributed by atoms with Crippen LogP contribution in [0.3, 0.4) is 0 Å². The number of hydrogen-bond donors (Lipinski definition) is 0. The monoisotopic (exact) mass is 305 g/mol. The Morgan fingerprint density at radius 2 is 1.55 bits per heavy atom. The van der Waals surface area contributed by atoms with Gasteiger partial charge >= 0.3 is 11.9 Å². The normalized spacial score (nSPS) is 18.8. The van der Waals surface area contributed by atoms with Gasteiger partial charge in [-0.15, -0.1) is 0 Å². The van der Waals surface area contributed by atoms with E-state index in [9.17, 15) is 14.4 Å². The van der Waals surface area contributed by atoms with Crippen LogP contribution >= 0.6 is 0 Å². The lowest BCUT2D eigenvalue weighted by Crippen LogP contribution is -2.43. The van der Waals surface area contributed by atoms with Crippen LogP contribution in [0.4, 0.5) is 0 Å². The van der Waals surface area contributed by atoms with Gasteiger partial charge in [0.25, 0.3) is 11.4 Å². The second-order valence-corrected chi connectivity index (χ2v) is 5.48. The minimum Gasteiger partial charge on any atom is -0.467 e. The quantitative estimate of drug-likeness (QED) is 0.475. The Bertz CT molecular complexity index is 580. The molecule has 1 aliphatic rings. The third kappa shape index (κ3) is 2.15. The first kappa shape index (κ1) is 16.0. The summed E-state index contributed by atoms with van der Waals surface area (Å²) in [4.78, 5) is 38.4. The van der Waals surface area contributed by atoms with E-state index < -0.39 is 29.4 Å². The zero-order valence-corrected chi connectivity index (χ0v) is 13.0. The fraction of sp³-hybridized carbons (Fsp3) is 0.438. The molecule has 6 heteroatoms. The van der Waals surface area contributed by atoms with Gasteiger partial charge < -0.3 is 14.4 Å². The third-order valence-corrected chi connectivity index (χ3v) is 3.88. The Kier molecular flexibility index (Phi) is 4.21. The summed E-state index contributed by atoms with van der Waals surface area (Å²) in [6, 6.07) is 7.92. The predicted molar refractivity (Wildman–Crippen MR) is 78.0 cm³/mol. The topological polar surface area (TPSA) is 72.7 Å². The molecule has 6 nitrogen and oxygen atoms in total. The number of hydrogen-bond acceptors (Lipinski definition) is 5. The molecule has 1 saturated heterocycles. The van der Waals surface area contributed by atoms with Gasteiger partial charge in [-0.05, 0) is 18.1 Å². The summed E-state index contributed by atoms with van der Waals surface area (Å²) in [5, 5.41) is 0. The van der Waals surface area contributed by atoms with E-state index in [-0.39, 0.29) is 5.92 Å². The molecule has 1 heterocycles. The Morgan fingerprint density at radius 3 is 1.95 bits per heavy atom. The van der Waals surface area contributed by atoms with Crippen LogP contribution in [0.2, 0.25) is 0 Å². The van der Waals surface area contributed by atoms with Gasteiger partial charge in [-0.2, -0.15) is 0 Å². The molecule has 1 aliphatic heterocycles. The largest absolute Gasteiger partial charge is 0.467 e. The molecule has 0 saturated carbocycles. The molecule has 0 radical (unpaired) electrons. The summed E-state index contributed by atoms with van der Waals surface area (Å²) >= 11 is 0. The van der Waals surface area contributed by atoms with Crippen LogP contribution in [-0.4, -0.2) is 48.5 Å². The van der Waals surface area contributed by atoms with E-state index in [1.807, 2.05) is 13.8 Å². The molecule has 1 unspecified atom stereocenters. The SMILES string of the molecule is COC(=O)C1(C(=O)OC)C(C(C)C)N1C(=O)c1ccccc1. The molecule has 1 aromatic rings. The van der Waals surface area contributed by atoms with Crippen LogP contribution in [-0.2, 0) is 19.1 Å². The minimum absolute atomic E-state index is 0.106. The number of methoxy groups -OCH3 is 2. The zero-order valence-electron chi connectivity index (χ0n) is 13.0. The van der Waals surface area contributed by atoms with Gasteiger partial charge in [0.1, 0.15) is 0 Å². The lowest BCUT2D eigenvalue weighted by molar-refractivity contribution is -0.158. The first-order valence-electron chi connectivity index (χ1n) is 6.98. The van der Waals surface area contributed by atoms with Crippen molar-refractivity contribution in [3.05, 3.63) is 35.9 Å². The van der Waals surface area contributed by atoms with Crippen LogP contribution in [0.25, 0.3) is 0 Å². The van der Waals surface area contributed by atoms with Crippen LogP contribution < -0.4 is 0 Å². The van der Waals surface area contributed by atoms with E-state index in [1.54, 1.807) is 30.3 Å². The van der Waals surface area contributed by atoms with Crippen molar-refractivity contribution in [2.75, 3.05) is 14.2 Å². The van der Waals surface area contributed by atoms with Gasteiger partial charge in [0.15, 0.2) is 0 Å². The highest BCUT2D eigenvalue weighted by Gasteiger charge is 2.78. The summed E-state index contributed by atoms with van der Waals surface area (Å²) in [6.07, 6.45) is 0. The lowest BCUT2D eigenvalue weighted by atomic mass is 9.97. The lowest BCUT2D eigenvalue weighted by Gasteiger charge is -2.13. The highest BCUT2D eigenvalue weighted by molar-refractivity contribution is 6.16. The van der Waals surface area contributed by atoms with Crippen molar-refractivity contribution in [1.82, 2.24) is 4.90 Å². The number of ether oxygens (including phenoxy) is 2. The summed E-state index contributed by atoms with van der Waals surface area (Å²) in [6.45, 7) is 3.67. The van der Waals surface area contributed by atoms with E-state index >= 15 is 0 Å². The van der Waals surface area contributed by atoms with Crippen molar-refractivity contribution in [1.29, 1.82) is 0 Å². The van der Waals surface area contributed by atoms with Gasteiger partial charge in [-0.25, -0.2) is 9.59 Å². The Balaban J connectivity index is 2.47. The molecular weight excluding hydrogens is 286 g/mol. The van der Waals surface area contributed by atoms with E-state index in [0.717, 1.165) is 0 Å². The molecule has 0 bridgehead atoms. The number of carbonyl (C=O) groups is 3. The highest BCUT2D eigenvalue weighted by Crippen LogP contribution is 2.48. The van der Waals surface area contributed by atoms with Gasteiger partial charge in [0, 0.05) is 5.56 Å². The molecular formula is C16H19NO5. The van der Waals surface area contributed by atoms with E-state index in [0.29, 0.717) is 5.56 Å². The first-order valence-corrected chi connectivity index (χ1v) is 6.98. The summed E-state index contributed by atoms with van der Waals surface area (Å²) in [7, 11) is 2.38. The maximum absolute atomic E-state index is 12.7. The molecule has 0 aliphatic carbocycles. The molecule has 1 amide bonds. The van der Waals surface area contributed by atoms with Crippen LogP contribution in [0.1, 0.15) is 24.2 Å². The smallest absolute Gasteiger partial charge is 0.345 e. The Hall–Kier alpha value is -2.37. The molecule has 2 rings (SSSR count). The van der Waals surface area contributed by atoms with Crippen LogP contribution in [0, 0.1) is 5.92 Å². The molecule has 0 aromatic heterocycles. The number of rotatable bonds is 4. The van der Waals surface area contributed by atoms with Crippen molar-refractivity contribution < 1.29 is 23.9 Å². The van der Waals surface area contributed by atoms with Crippen molar-refractivity contribution >= 4 is 17.8 Å². The van der Waals surface area contributed by atoms with Crippen LogP contribution in [0.15, 0.2) is 30.3 Å². The van der Waals surface area contributed by atoms with Crippen molar-refractivity contribution in [2.24, 2.45) is 5.92 Å².